The maximum Gasteiger partial charge on any atom is 0.250 e. The van der Waals surface area contributed by atoms with Crippen molar-refractivity contribution in [2.75, 3.05) is 24.1 Å². The van der Waals surface area contributed by atoms with Crippen LogP contribution in [0.3, 0.4) is 0 Å². The summed E-state index contributed by atoms with van der Waals surface area (Å²) in [6, 6.07) is 13.7. The number of anilines is 1. The Labute approximate surface area is 166 Å². The van der Waals surface area contributed by atoms with Gasteiger partial charge in [0.25, 0.3) is 5.91 Å². The zero-order valence-corrected chi connectivity index (χ0v) is 16.0. The number of amides is 1. The molecule has 8 heteroatoms. The van der Waals surface area contributed by atoms with Gasteiger partial charge in [-0.1, -0.05) is 30.3 Å². The fourth-order valence-electron chi connectivity index (χ4n) is 5.12. The molecule has 3 heterocycles. The van der Waals surface area contributed by atoms with E-state index in [0.717, 1.165) is 16.8 Å². The van der Waals surface area contributed by atoms with Crippen molar-refractivity contribution >= 4 is 23.4 Å². The van der Waals surface area contributed by atoms with E-state index in [9.17, 15) is 14.9 Å². The Hall–Kier alpha value is -2.58. The Morgan fingerprint density at radius 1 is 1.25 bits per heavy atom. The number of thioether (sulfide) groups is 1. The Morgan fingerprint density at radius 2 is 2.00 bits per heavy atom. The first-order valence-electron chi connectivity index (χ1n) is 9.12. The fourth-order valence-corrected chi connectivity index (χ4v) is 6.44. The molecule has 1 N–H and O–H groups in total. The summed E-state index contributed by atoms with van der Waals surface area (Å²) in [6.07, 6.45) is 0. The molecule has 1 unspecified atom stereocenters. The SMILES string of the molecule is COc1ccc([C@H]2[C@H]([N+](=O)[O-])C3CSCN3[C@@]23C(=O)Nc2ccccc23)cc1. The monoisotopic (exact) mass is 397 g/mol. The number of benzene rings is 2. The maximum atomic E-state index is 13.5. The van der Waals surface area contributed by atoms with Gasteiger partial charge in [-0.25, -0.2) is 0 Å². The Bertz CT molecular complexity index is 966. The number of carbonyl (C=O) groups is 1. The second kappa shape index (κ2) is 6.22. The van der Waals surface area contributed by atoms with E-state index in [1.165, 1.54) is 0 Å². The van der Waals surface area contributed by atoms with Crippen molar-refractivity contribution in [3.05, 3.63) is 69.8 Å². The first-order valence-corrected chi connectivity index (χ1v) is 10.3. The predicted molar refractivity (Wildman–Crippen MR) is 106 cm³/mol. The van der Waals surface area contributed by atoms with Crippen molar-refractivity contribution in [2.45, 2.75) is 23.5 Å². The highest BCUT2D eigenvalue weighted by Gasteiger charge is 2.71. The lowest BCUT2D eigenvalue weighted by molar-refractivity contribution is -0.527. The molecule has 0 radical (unpaired) electrons. The van der Waals surface area contributed by atoms with Gasteiger partial charge in [-0.2, -0.15) is 0 Å². The minimum absolute atomic E-state index is 0.175. The highest BCUT2D eigenvalue weighted by Crippen LogP contribution is 2.59. The van der Waals surface area contributed by atoms with Gasteiger partial charge in [-0.15, -0.1) is 11.8 Å². The summed E-state index contributed by atoms with van der Waals surface area (Å²) >= 11 is 1.65. The van der Waals surface area contributed by atoms with Crippen molar-refractivity contribution in [2.24, 2.45) is 0 Å². The number of hydrogen-bond donors (Lipinski definition) is 1. The zero-order chi connectivity index (χ0) is 19.5. The molecular formula is C20H19N3O4S. The molecular weight excluding hydrogens is 378 g/mol. The average molecular weight is 397 g/mol. The van der Waals surface area contributed by atoms with E-state index in [-0.39, 0.29) is 16.9 Å². The molecule has 7 nitrogen and oxygen atoms in total. The van der Waals surface area contributed by atoms with Crippen molar-refractivity contribution < 1.29 is 14.5 Å². The summed E-state index contributed by atoms with van der Waals surface area (Å²) in [4.78, 5) is 27.6. The van der Waals surface area contributed by atoms with Crippen LogP contribution in [0.25, 0.3) is 0 Å². The molecule has 1 amide bonds. The van der Waals surface area contributed by atoms with Crippen molar-refractivity contribution in [1.82, 2.24) is 4.90 Å². The molecule has 144 valence electrons. The summed E-state index contributed by atoms with van der Waals surface area (Å²) in [5.74, 6) is 1.17. The average Bonchev–Trinajstić information content (AvgIpc) is 3.35. The third kappa shape index (κ3) is 2.13. The summed E-state index contributed by atoms with van der Waals surface area (Å²) < 4.78 is 5.25. The summed E-state index contributed by atoms with van der Waals surface area (Å²) in [7, 11) is 1.58. The number of methoxy groups -OCH3 is 1. The van der Waals surface area contributed by atoms with Gasteiger partial charge in [0.1, 0.15) is 11.3 Å². The highest BCUT2D eigenvalue weighted by atomic mass is 32.2. The van der Waals surface area contributed by atoms with Crippen molar-refractivity contribution in [1.29, 1.82) is 0 Å². The van der Waals surface area contributed by atoms with Gasteiger partial charge in [0.05, 0.1) is 19.1 Å². The zero-order valence-electron chi connectivity index (χ0n) is 15.2. The van der Waals surface area contributed by atoms with Crippen LogP contribution in [0.15, 0.2) is 48.5 Å². The minimum atomic E-state index is -1.07. The van der Waals surface area contributed by atoms with Gasteiger partial charge in [-0.3, -0.25) is 19.8 Å². The standard InChI is InChI=1S/C20H19N3O4S/c1-27-13-8-6-12(7-9-13)17-18(23(25)26)16-10-28-11-22(16)20(17)14-4-2-3-5-15(14)21-19(20)24/h2-9,16-18H,10-11H2,1H3,(H,21,24)/t16?,17-,18+,20+/m0/s1. The van der Waals surface area contributed by atoms with E-state index in [1.807, 2.05) is 36.4 Å². The van der Waals surface area contributed by atoms with E-state index >= 15 is 0 Å². The van der Waals surface area contributed by atoms with Crippen LogP contribution in [-0.4, -0.2) is 46.6 Å². The van der Waals surface area contributed by atoms with Crippen LogP contribution in [0.4, 0.5) is 5.69 Å². The number of rotatable bonds is 3. The van der Waals surface area contributed by atoms with Gasteiger partial charge < -0.3 is 10.1 Å². The summed E-state index contributed by atoms with van der Waals surface area (Å²) in [5, 5.41) is 15.2. The fraction of sp³-hybridized carbons (Fsp3) is 0.350. The number of fused-ring (bicyclic) bond motifs is 4. The highest BCUT2D eigenvalue weighted by molar-refractivity contribution is 7.99. The van der Waals surface area contributed by atoms with E-state index in [1.54, 1.807) is 31.0 Å². The number of nitrogens with zero attached hydrogens (tertiary/aromatic N) is 2. The third-order valence-electron chi connectivity index (χ3n) is 6.21. The topological polar surface area (TPSA) is 84.7 Å². The van der Waals surface area contributed by atoms with Crippen LogP contribution in [-0.2, 0) is 10.3 Å². The molecule has 2 fully saturated rings. The largest absolute Gasteiger partial charge is 0.497 e. The van der Waals surface area contributed by atoms with Crippen LogP contribution in [0.5, 0.6) is 5.75 Å². The smallest absolute Gasteiger partial charge is 0.250 e. The molecule has 2 saturated heterocycles. The van der Waals surface area contributed by atoms with Crippen LogP contribution >= 0.6 is 11.8 Å². The van der Waals surface area contributed by atoms with Crippen molar-refractivity contribution in [3.8, 4) is 5.75 Å². The van der Waals surface area contributed by atoms with Gasteiger partial charge in [0, 0.05) is 27.8 Å². The number of nitro groups is 1. The van der Waals surface area contributed by atoms with Crippen LogP contribution in [0.1, 0.15) is 17.0 Å². The molecule has 1 spiro atoms. The molecule has 28 heavy (non-hydrogen) atoms. The lowest BCUT2D eigenvalue weighted by Crippen LogP contribution is -2.50. The number of ether oxygens (including phenoxy) is 1. The minimum Gasteiger partial charge on any atom is -0.497 e. The normalized spacial score (nSPS) is 30.9. The lowest BCUT2D eigenvalue weighted by atomic mass is 9.74. The van der Waals surface area contributed by atoms with Gasteiger partial charge >= 0.3 is 0 Å². The first-order chi connectivity index (χ1) is 13.6. The van der Waals surface area contributed by atoms with Crippen LogP contribution in [0, 0.1) is 10.1 Å². The molecule has 2 aromatic carbocycles. The van der Waals surface area contributed by atoms with Gasteiger partial charge in [0.15, 0.2) is 0 Å². The molecule has 5 rings (SSSR count). The van der Waals surface area contributed by atoms with E-state index < -0.39 is 17.5 Å². The predicted octanol–water partition coefficient (Wildman–Crippen LogP) is 2.66. The molecule has 0 aromatic heterocycles. The number of hydrogen-bond acceptors (Lipinski definition) is 6. The van der Waals surface area contributed by atoms with E-state index in [4.69, 9.17) is 4.74 Å². The Kier molecular flexibility index (Phi) is 3.89. The molecule has 0 saturated carbocycles. The van der Waals surface area contributed by atoms with Crippen molar-refractivity contribution in [3.63, 3.8) is 0 Å². The van der Waals surface area contributed by atoms with E-state index in [2.05, 4.69) is 10.2 Å². The molecule has 4 atom stereocenters. The molecule has 2 aromatic rings. The van der Waals surface area contributed by atoms with E-state index in [0.29, 0.717) is 17.4 Å². The van der Waals surface area contributed by atoms with Crippen LogP contribution in [0.2, 0.25) is 0 Å². The molecule has 3 aliphatic rings. The second-order valence-corrected chi connectivity index (χ2v) is 8.33. The van der Waals surface area contributed by atoms with Gasteiger partial charge in [0.2, 0.25) is 6.04 Å². The molecule has 0 bridgehead atoms. The Morgan fingerprint density at radius 3 is 2.71 bits per heavy atom. The number of carbonyl (C=O) groups excluding carboxylic acids is 1. The summed E-state index contributed by atoms with van der Waals surface area (Å²) in [5.41, 5.74) is 1.29. The molecule has 3 aliphatic heterocycles. The maximum absolute atomic E-state index is 13.5. The number of nitrogens with one attached hydrogen (secondary N) is 1. The van der Waals surface area contributed by atoms with Crippen LogP contribution < -0.4 is 10.1 Å². The summed E-state index contributed by atoms with van der Waals surface area (Å²) in [6.45, 7) is 0. The third-order valence-corrected chi connectivity index (χ3v) is 7.25. The number of para-hydroxylation sites is 1. The van der Waals surface area contributed by atoms with Gasteiger partial charge in [-0.05, 0) is 23.8 Å². The first kappa shape index (κ1) is 17.5. The lowest BCUT2D eigenvalue weighted by Gasteiger charge is -2.35. The second-order valence-electron chi connectivity index (χ2n) is 7.33. The quantitative estimate of drug-likeness (QED) is 0.633. The Balaban J connectivity index is 1.77. The molecule has 0 aliphatic carbocycles.